The van der Waals surface area contributed by atoms with Crippen LogP contribution in [-0.4, -0.2) is 17.3 Å². The van der Waals surface area contributed by atoms with Crippen molar-refractivity contribution in [2.75, 3.05) is 12.4 Å². The lowest BCUT2D eigenvalue weighted by Gasteiger charge is -2.03. The summed E-state index contributed by atoms with van der Waals surface area (Å²) in [7, 11) is 1.58. The molecule has 0 atom stereocenters. The molecule has 2 aromatic heterocycles. The van der Waals surface area contributed by atoms with Gasteiger partial charge in [-0.05, 0) is 36.4 Å². The van der Waals surface area contributed by atoms with Gasteiger partial charge in [0.05, 0.1) is 23.4 Å². The summed E-state index contributed by atoms with van der Waals surface area (Å²) in [6.45, 7) is 0. The molecule has 1 N–H and O–H groups in total. The van der Waals surface area contributed by atoms with Gasteiger partial charge in [-0.1, -0.05) is 35.1 Å². The van der Waals surface area contributed by atoms with Gasteiger partial charge in [-0.25, -0.2) is 4.79 Å². The average Bonchev–Trinajstić information content (AvgIpc) is 3.11. The molecule has 0 unspecified atom stereocenters. The third kappa shape index (κ3) is 3.14. The van der Waals surface area contributed by atoms with E-state index < -0.39 is 5.63 Å². The number of nitrogens with one attached hydrogen (secondary N) is 1. The number of hydrogen-bond donors (Lipinski definition) is 1. The van der Waals surface area contributed by atoms with E-state index in [4.69, 9.17) is 20.8 Å². The summed E-state index contributed by atoms with van der Waals surface area (Å²) in [5, 5.41) is 13.6. The molecule has 0 fully saturated rings. The molecule has 0 aliphatic heterocycles. The minimum absolute atomic E-state index is 0.343. The van der Waals surface area contributed by atoms with Crippen molar-refractivity contribution in [3.05, 3.63) is 64.0 Å². The van der Waals surface area contributed by atoms with Crippen LogP contribution in [0.3, 0.4) is 0 Å². The van der Waals surface area contributed by atoms with Crippen LogP contribution >= 0.6 is 22.9 Å². The van der Waals surface area contributed by atoms with E-state index >= 15 is 0 Å². The SMILES string of the molecule is COc1ccc2oc(=O)c(-c3nnc(Nc4ccccc4Cl)s3)cc2c1. The van der Waals surface area contributed by atoms with E-state index in [0.29, 0.717) is 37.7 Å². The molecule has 130 valence electrons. The number of aromatic nitrogens is 2. The number of rotatable bonds is 4. The van der Waals surface area contributed by atoms with E-state index in [9.17, 15) is 4.79 Å². The zero-order valence-corrected chi connectivity index (χ0v) is 15.1. The van der Waals surface area contributed by atoms with Crippen LogP contribution in [0.5, 0.6) is 5.75 Å². The molecule has 0 amide bonds. The van der Waals surface area contributed by atoms with E-state index in [1.54, 1.807) is 37.4 Å². The largest absolute Gasteiger partial charge is 0.497 e. The number of halogens is 1. The number of benzene rings is 2. The Kier molecular flexibility index (Phi) is 4.32. The predicted molar refractivity (Wildman–Crippen MR) is 103 cm³/mol. The van der Waals surface area contributed by atoms with Crippen LogP contribution in [0, 0.1) is 0 Å². The van der Waals surface area contributed by atoms with Gasteiger partial charge in [-0.2, -0.15) is 0 Å². The van der Waals surface area contributed by atoms with Crippen molar-refractivity contribution in [3.8, 4) is 16.3 Å². The van der Waals surface area contributed by atoms with Crippen LogP contribution in [0.1, 0.15) is 0 Å². The van der Waals surface area contributed by atoms with Crippen LogP contribution in [0.4, 0.5) is 10.8 Å². The predicted octanol–water partition coefficient (Wildman–Crippen LogP) is 4.72. The monoisotopic (exact) mass is 385 g/mol. The van der Waals surface area contributed by atoms with Crippen molar-refractivity contribution in [1.29, 1.82) is 0 Å². The maximum Gasteiger partial charge on any atom is 0.346 e. The minimum Gasteiger partial charge on any atom is -0.497 e. The van der Waals surface area contributed by atoms with E-state index in [2.05, 4.69) is 15.5 Å². The molecule has 2 heterocycles. The highest BCUT2D eigenvalue weighted by atomic mass is 35.5. The van der Waals surface area contributed by atoms with Crippen molar-refractivity contribution < 1.29 is 9.15 Å². The topological polar surface area (TPSA) is 77.2 Å². The van der Waals surface area contributed by atoms with Crippen LogP contribution in [0.25, 0.3) is 21.5 Å². The van der Waals surface area contributed by atoms with E-state index in [0.717, 1.165) is 5.39 Å². The molecule has 0 bridgehead atoms. The van der Waals surface area contributed by atoms with Crippen molar-refractivity contribution in [2.45, 2.75) is 0 Å². The molecule has 0 aliphatic rings. The Morgan fingerprint density at radius 3 is 2.81 bits per heavy atom. The number of hydrogen-bond acceptors (Lipinski definition) is 7. The van der Waals surface area contributed by atoms with E-state index in [-0.39, 0.29) is 0 Å². The fraction of sp³-hybridized carbons (Fsp3) is 0.0556. The molecule has 6 nitrogen and oxygen atoms in total. The second kappa shape index (κ2) is 6.78. The smallest absolute Gasteiger partial charge is 0.346 e. The average molecular weight is 386 g/mol. The Hall–Kier alpha value is -2.90. The third-order valence-corrected chi connectivity index (χ3v) is 4.91. The number of methoxy groups -OCH3 is 1. The van der Waals surface area contributed by atoms with Crippen molar-refractivity contribution in [1.82, 2.24) is 10.2 Å². The molecule has 0 aliphatic carbocycles. The molecular weight excluding hydrogens is 374 g/mol. The number of fused-ring (bicyclic) bond motifs is 1. The first-order valence-corrected chi connectivity index (χ1v) is 8.81. The summed E-state index contributed by atoms with van der Waals surface area (Å²) in [6, 6.07) is 14.3. The molecular formula is C18H12ClN3O3S. The highest BCUT2D eigenvalue weighted by Gasteiger charge is 2.14. The Morgan fingerprint density at radius 1 is 1.15 bits per heavy atom. The van der Waals surface area contributed by atoms with Gasteiger partial charge in [0.1, 0.15) is 11.3 Å². The molecule has 0 radical (unpaired) electrons. The third-order valence-electron chi connectivity index (χ3n) is 3.71. The van der Waals surface area contributed by atoms with Gasteiger partial charge >= 0.3 is 5.63 Å². The Bertz CT molecular complexity index is 1160. The molecule has 8 heteroatoms. The second-order valence-corrected chi connectivity index (χ2v) is 6.75. The summed E-state index contributed by atoms with van der Waals surface area (Å²) in [4.78, 5) is 12.3. The summed E-state index contributed by atoms with van der Waals surface area (Å²) in [6.07, 6.45) is 0. The summed E-state index contributed by atoms with van der Waals surface area (Å²) in [5.41, 5.74) is 1.07. The maximum atomic E-state index is 12.3. The van der Waals surface area contributed by atoms with Gasteiger partial charge in [0, 0.05) is 5.39 Å². The van der Waals surface area contributed by atoms with Gasteiger partial charge in [0.2, 0.25) is 5.13 Å². The summed E-state index contributed by atoms with van der Waals surface area (Å²) >= 11 is 7.37. The molecule has 2 aromatic carbocycles. The van der Waals surface area contributed by atoms with Gasteiger partial charge in [-0.15, -0.1) is 10.2 Å². The van der Waals surface area contributed by atoms with Gasteiger partial charge in [0.15, 0.2) is 5.01 Å². The normalized spacial score (nSPS) is 10.8. The Labute approximate surface area is 157 Å². The Morgan fingerprint density at radius 2 is 2.00 bits per heavy atom. The van der Waals surface area contributed by atoms with Crippen LogP contribution in [0.2, 0.25) is 5.02 Å². The molecule has 4 aromatic rings. The molecule has 0 saturated carbocycles. The standard InChI is InChI=1S/C18H12ClN3O3S/c1-24-11-6-7-15-10(8-11)9-12(17(23)25-15)16-21-22-18(26-16)20-14-5-3-2-4-13(14)19/h2-9H,1H3,(H,20,22). The first kappa shape index (κ1) is 16.6. The molecule has 26 heavy (non-hydrogen) atoms. The fourth-order valence-corrected chi connectivity index (χ4v) is 3.38. The lowest BCUT2D eigenvalue weighted by Crippen LogP contribution is -2.02. The summed E-state index contributed by atoms with van der Waals surface area (Å²) in [5.74, 6) is 0.677. The molecule has 4 rings (SSSR count). The lowest BCUT2D eigenvalue weighted by molar-refractivity contribution is 0.415. The highest BCUT2D eigenvalue weighted by Crippen LogP contribution is 2.31. The Balaban J connectivity index is 1.72. The van der Waals surface area contributed by atoms with E-state index in [1.165, 1.54) is 11.3 Å². The van der Waals surface area contributed by atoms with Gasteiger partial charge in [0.25, 0.3) is 0 Å². The number of ether oxygens (including phenoxy) is 1. The van der Waals surface area contributed by atoms with Gasteiger partial charge < -0.3 is 14.5 Å². The lowest BCUT2D eigenvalue weighted by atomic mass is 10.2. The quantitative estimate of drug-likeness (QED) is 0.512. The van der Waals surface area contributed by atoms with Crippen LogP contribution in [-0.2, 0) is 0 Å². The maximum absolute atomic E-state index is 12.3. The van der Waals surface area contributed by atoms with Crippen molar-refractivity contribution >= 4 is 44.7 Å². The van der Waals surface area contributed by atoms with Gasteiger partial charge in [-0.3, -0.25) is 0 Å². The first-order valence-electron chi connectivity index (χ1n) is 7.61. The number of nitrogens with zero attached hydrogens (tertiary/aromatic N) is 2. The number of anilines is 2. The first-order chi connectivity index (χ1) is 12.6. The van der Waals surface area contributed by atoms with Crippen molar-refractivity contribution in [3.63, 3.8) is 0 Å². The highest BCUT2D eigenvalue weighted by molar-refractivity contribution is 7.18. The zero-order chi connectivity index (χ0) is 18.1. The van der Waals surface area contributed by atoms with E-state index in [1.807, 2.05) is 18.2 Å². The number of para-hydroxylation sites is 1. The van der Waals surface area contributed by atoms with Crippen LogP contribution < -0.4 is 15.7 Å². The summed E-state index contributed by atoms with van der Waals surface area (Å²) < 4.78 is 10.6. The van der Waals surface area contributed by atoms with Crippen molar-refractivity contribution in [2.24, 2.45) is 0 Å². The minimum atomic E-state index is -0.469. The fourth-order valence-electron chi connectivity index (χ4n) is 2.44. The second-order valence-electron chi connectivity index (χ2n) is 5.37. The molecule has 0 saturated heterocycles. The molecule has 0 spiro atoms. The zero-order valence-electron chi connectivity index (χ0n) is 13.5. The van der Waals surface area contributed by atoms with Crippen LogP contribution in [0.15, 0.2) is 57.7 Å².